The number of rotatable bonds is 6. The molecule has 0 aliphatic heterocycles. The fourth-order valence-corrected chi connectivity index (χ4v) is 3.81. The summed E-state index contributed by atoms with van der Waals surface area (Å²) in [6.07, 6.45) is 11.8. The number of carbonyl (C=O) groups is 1. The molecule has 0 radical (unpaired) electrons. The number of benzene rings is 1. The lowest BCUT2D eigenvalue weighted by Crippen LogP contribution is -2.16. The lowest BCUT2D eigenvalue weighted by molar-refractivity contribution is -0.384. The van der Waals surface area contributed by atoms with Gasteiger partial charge < -0.3 is 13.7 Å². The molecular weight excluding hydrogens is 388 g/mol. The summed E-state index contributed by atoms with van der Waals surface area (Å²) < 4.78 is 12.9. The van der Waals surface area contributed by atoms with Gasteiger partial charge in [0.1, 0.15) is 0 Å². The van der Waals surface area contributed by atoms with Crippen LogP contribution in [-0.4, -0.2) is 28.7 Å². The summed E-state index contributed by atoms with van der Waals surface area (Å²) in [4.78, 5) is 22.9. The van der Waals surface area contributed by atoms with Gasteiger partial charge in [-0.2, -0.15) is 5.10 Å². The summed E-state index contributed by atoms with van der Waals surface area (Å²) in [6.45, 7) is 0. The Morgan fingerprint density at radius 3 is 2.87 bits per heavy atom. The number of amides is 1. The largest absolute Gasteiger partial charge is 0.493 e. The van der Waals surface area contributed by atoms with Crippen molar-refractivity contribution in [3.05, 3.63) is 58.1 Å². The maximum Gasteiger partial charge on any atom is 0.307 e. The molecule has 9 heteroatoms. The van der Waals surface area contributed by atoms with E-state index in [0.717, 1.165) is 5.56 Å². The van der Waals surface area contributed by atoms with E-state index in [2.05, 4.69) is 15.1 Å². The highest BCUT2D eigenvalue weighted by molar-refractivity contribution is 5.98. The molecule has 0 atom stereocenters. The Morgan fingerprint density at radius 1 is 1.33 bits per heavy atom. The van der Waals surface area contributed by atoms with Crippen molar-refractivity contribution in [3.63, 3.8) is 0 Å². The zero-order valence-corrected chi connectivity index (χ0v) is 16.5. The van der Waals surface area contributed by atoms with Crippen molar-refractivity contribution in [3.8, 4) is 5.75 Å². The van der Waals surface area contributed by atoms with E-state index in [9.17, 15) is 14.9 Å². The van der Waals surface area contributed by atoms with E-state index in [4.69, 9.17) is 9.15 Å². The van der Waals surface area contributed by atoms with Gasteiger partial charge in [-0.15, -0.1) is 0 Å². The molecule has 2 heterocycles. The maximum atomic E-state index is 12.4. The number of fused-ring (bicyclic) bond motifs is 1. The molecule has 9 nitrogen and oxygen atoms in total. The fourth-order valence-electron chi connectivity index (χ4n) is 3.81. The lowest BCUT2D eigenvalue weighted by atomic mass is 9.95. The van der Waals surface area contributed by atoms with Crippen LogP contribution in [0.5, 0.6) is 5.75 Å². The molecule has 3 aromatic rings. The molecule has 1 amide bonds. The number of nitrogens with zero attached hydrogens (tertiary/aromatic N) is 3. The average Bonchev–Trinajstić information content (AvgIpc) is 3.40. The molecule has 156 valence electrons. The van der Waals surface area contributed by atoms with Crippen LogP contribution in [0.25, 0.3) is 11.0 Å². The van der Waals surface area contributed by atoms with Gasteiger partial charge in [-0.3, -0.25) is 14.9 Å². The molecule has 30 heavy (non-hydrogen) atoms. The SMILES string of the molecule is COc1cc([N+](=O)[O-])cc2cc(C(=O)N/N=C\c3ccn(C4CCCCC4)c3)oc12. The highest BCUT2D eigenvalue weighted by Crippen LogP contribution is 2.33. The molecule has 0 saturated heterocycles. The second-order valence-corrected chi connectivity index (χ2v) is 7.32. The van der Waals surface area contributed by atoms with Crippen LogP contribution in [0.2, 0.25) is 0 Å². The van der Waals surface area contributed by atoms with Gasteiger partial charge in [-0.1, -0.05) is 19.3 Å². The third-order valence-electron chi connectivity index (χ3n) is 5.33. The van der Waals surface area contributed by atoms with Crippen LogP contribution in [0.15, 0.2) is 46.2 Å². The van der Waals surface area contributed by atoms with Crippen LogP contribution in [-0.2, 0) is 0 Å². The second kappa shape index (κ2) is 8.40. The fraction of sp³-hybridized carbons (Fsp3) is 0.333. The van der Waals surface area contributed by atoms with E-state index >= 15 is 0 Å². The highest BCUT2D eigenvalue weighted by Gasteiger charge is 2.19. The molecule has 4 rings (SSSR count). The minimum absolute atomic E-state index is 0.0132. The number of aromatic nitrogens is 1. The molecule has 1 N–H and O–H groups in total. The maximum absolute atomic E-state index is 12.4. The van der Waals surface area contributed by atoms with Gasteiger partial charge in [0.25, 0.3) is 5.69 Å². The predicted molar refractivity (Wildman–Crippen MR) is 111 cm³/mol. The molecule has 0 spiro atoms. The van der Waals surface area contributed by atoms with Gasteiger partial charge in [0.15, 0.2) is 17.1 Å². The monoisotopic (exact) mass is 410 g/mol. The number of hydrogen-bond donors (Lipinski definition) is 1. The summed E-state index contributed by atoms with van der Waals surface area (Å²) >= 11 is 0. The van der Waals surface area contributed by atoms with Crippen molar-refractivity contribution in [1.82, 2.24) is 9.99 Å². The topological polar surface area (TPSA) is 112 Å². The Bertz CT molecular complexity index is 1110. The van der Waals surface area contributed by atoms with Gasteiger partial charge in [0.05, 0.1) is 24.3 Å². The number of non-ortho nitro benzene ring substituents is 1. The Balaban J connectivity index is 1.45. The quantitative estimate of drug-likeness (QED) is 0.367. The van der Waals surface area contributed by atoms with E-state index in [1.807, 2.05) is 18.5 Å². The van der Waals surface area contributed by atoms with Crippen molar-refractivity contribution in [2.24, 2.45) is 5.10 Å². The predicted octanol–water partition coefficient (Wildman–Crippen LogP) is 4.42. The molecule has 0 unspecified atom stereocenters. The minimum Gasteiger partial charge on any atom is -0.493 e. The Morgan fingerprint density at radius 2 is 2.13 bits per heavy atom. The average molecular weight is 410 g/mol. The molecule has 1 aliphatic carbocycles. The van der Waals surface area contributed by atoms with E-state index in [1.165, 1.54) is 57.4 Å². The Hall–Kier alpha value is -3.62. The summed E-state index contributed by atoms with van der Waals surface area (Å²) in [7, 11) is 1.38. The van der Waals surface area contributed by atoms with Crippen molar-refractivity contribution in [2.45, 2.75) is 38.1 Å². The van der Waals surface area contributed by atoms with E-state index < -0.39 is 10.8 Å². The number of nitrogens with one attached hydrogen (secondary N) is 1. The second-order valence-electron chi connectivity index (χ2n) is 7.32. The molecule has 0 bridgehead atoms. The van der Waals surface area contributed by atoms with Crippen molar-refractivity contribution < 1.29 is 18.9 Å². The van der Waals surface area contributed by atoms with Crippen LogP contribution in [0, 0.1) is 10.1 Å². The molecular formula is C21H22N4O5. The van der Waals surface area contributed by atoms with Crippen molar-refractivity contribution >= 4 is 28.8 Å². The van der Waals surface area contributed by atoms with Gasteiger partial charge >= 0.3 is 5.91 Å². The van der Waals surface area contributed by atoms with Crippen molar-refractivity contribution in [2.75, 3.05) is 7.11 Å². The van der Waals surface area contributed by atoms with Crippen LogP contribution in [0.1, 0.15) is 54.3 Å². The van der Waals surface area contributed by atoms with Crippen molar-refractivity contribution in [1.29, 1.82) is 0 Å². The molecule has 1 fully saturated rings. The lowest BCUT2D eigenvalue weighted by Gasteiger charge is -2.23. The number of furan rings is 1. The highest BCUT2D eigenvalue weighted by atomic mass is 16.6. The Labute approximate surface area is 172 Å². The molecule has 1 saturated carbocycles. The first-order valence-electron chi connectivity index (χ1n) is 9.82. The van der Waals surface area contributed by atoms with Crippen LogP contribution in [0.4, 0.5) is 5.69 Å². The summed E-state index contributed by atoms with van der Waals surface area (Å²) in [5.41, 5.74) is 3.44. The first-order valence-corrected chi connectivity index (χ1v) is 9.82. The summed E-state index contributed by atoms with van der Waals surface area (Å²) in [5.74, 6) is -0.384. The third kappa shape index (κ3) is 4.05. The number of methoxy groups -OCH3 is 1. The molecule has 1 aliphatic rings. The first-order chi connectivity index (χ1) is 14.5. The molecule has 2 aromatic heterocycles. The summed E-state index contributed by atoms with van der Waals surface area (Å²) in [5, 5.41) is 15.5. The number of hydrazone groups is 1. The molecule has 1 aromatic carbocycles. The Kier molecular flexibility index (Phi) is 5.51. The van der Waals surface area contributed by atoms with Gasteiger partial charge in [0, 0.05) is 35.5 Å². The number of nitro groups is 1. The normalized spacial score (nSPS) is 15.0. The van der Waals surface area contributed by atoms with Crippen LogP contribution < -0.4 is 10.2 Å². The zero-order valence-electron chi connectivity index (χ0n) is 16.5. The zero-order chi connectivity index (χ0) is 21.1. The third-order valence-corrected chi connectivity index (χ3v) is 5.33. The number of carbonyl (C=O) groups excluding carboxylic acids is 1. The minimum atomic E-state index is -0.557. The van der Waals surface area contributed by atoms with Gasteiger partial charge in [-0.25, -0.2) is 5.43 Å². The number of hydrogen-bond acceptors (Lipinski definition) is 6. The number of ether oxygens (including phenoxy) is 1. The van der Waals surface area contributed by atoms with E-state index in [-0.39, 0.29) is 22.8 Å². The van der Waals surface area contributed by atoms with E-state index in [1.54, 1.807) is 6.21 Å². The van der Waals surface area contributed by atoms with E-state index in [0.29, 0.717) is 11.4 Å². The standard InChI is InChI=1S/C21H22N4O5/c1-29-18-11-17(25(27)28)9-15-10-19(30-20(15)18)21(26)23-22-12-14-7-8-24(13-14)16-5-3-2-4-6-16/h7-13,16H,2-6H2,1H3,(H,23,26)/b22-12-. The smallest absolute Gasteiger partial charge is 0.307 e. The van der Waals surface area contributed by atoms with Gasteiger partial charge in [-0.05, 0) is 25.0 Å². The number of nitro benzene ring substituents is 1. The van der Waals surface area contributed by atoms with Gasteiger partial charge in [0.2, 0.25) is 0 Å². The van der Waals surface area contributed by atoms with Crippen LogP contribution in [0.3, 0.4) is 0 Å². The summed E-state index contributed by atoms with van der Waals surface area (Å²) in [6, 6.07) is 6.49. The van der Waals surface area contributed by atoms with Crippen LogP contribution >= 0.6 is 0 Å². The first kappa shape index (κ1) is 19.7.